The Morgan fingerprint density at radius 2 is 1.83 bits per heavy atom. The van der Waals surface area contributed by atoms with Crippen molar-refractivity contribution in [3.05, 3.63) is 29.8 Å². The van der Waals surface area contributed by atoms with Crippen molar-refractivity contribution in [2.24, 2.45) is 0 Å². The van der Waals surface area contributed by atoms with Crippen LogP contribution in [0.4, 0.5) is 0 Å². The molecule has 1 amide bonds. The monoisotopic (exact) mass is 330 g/mol. The molecule has 1 aliphatic carbocycles. The first-order chi connectivity index (χ1) is 10.8. The summed E-state index contributed by atoms with van der Waals surface area (Å²) in [6, 6.07) is 10.7. The van der Waals surface area contributed by atoms with E-state index >= 15 is 0 Å². The summed E-state index contributed by atoms with van der Waals surface area (Å²) in [5.41, 5.74) is 0.795. The summed E-state index contributed by atoms with van der Waals surface area (Å²) in [5.74, 6) is 0.316. The zero-order chi connectivity index (χ0) is 16.9. The van der Waals surface area contributed by atoms with E-state index < -0.39 is 5.54 Å². The van der Waals surface area contributed by atoms with Gasteiger partial charge in [0.2, 0.25) is 5.91 Å². The number of hydrogen-bond donors (Lipinski definition) is 1. The van der Waals surface area contributed by atoms with Crippen LogP contribution in [0.2, 0.25) is 0 Å². The Morgan fingerprint density at radius 3 is 2.35 bits per heavy atom. The van der Waals surface area contributed by atoms with Crippen LogP contribution in [-0.2, 0) is 10.2 Å². The lowest BCUT2D eigenvalue weighted by atomic mass is 9.83. The molecule has 0 aliphatic heterocycles. The van der Waals surface area contributed by atoms with Crippen molar-refractivity contribution in [1.29, 1.82) is 5.26 Å². The molecular formula is C19H26N2OS. The number of benzene rings is 1. The Labute approximate surface area is 143 Å². The Bertz CT molecular complexity index is 575. The molecule has 1 fully saturated rings. The van der Waals surface area contributed by atoms with Crippen LogP contribution in [0.15, 0.2) is 29.2 Å². The van der Waals surface area contributed by atoms with Crippen molar-refractivity contribution in [2.75, 3.05) is 5.75 Å². The summed E-state index contributed by atoms with van der Waals surface area (Å²) in [7, 11) is 0. The SMILES string of the molecule is CC(C)(C)c1ccc(SCC(=O)NC2(C#N)CCCCC2)cc1. The Morgan fingerprint density at radius 1 is 1.22 bits per heavy atom. The summed E-state index contributed by atoms with van der Waals surface area (Å²) in [6.07, 6.45) is 4.76. The van der Waals surface area contributed by atoms with Gasteiger partial charge in [-0.05, 0) is 36.0 Å². The van der Waals surface area contributed by atoms with Gasteiger partial charge in [-0.3, -0.25) is 4.79 Å². The molecule has 0 saturated heterocycles. The van der Waals surface area contributed by atoms with E-state index in [9.17, 15) is 10.1 Å². The number of rotatable bonds is 4. The van der Waals surface area contributed by atoms with E-state index in [0.29, 0.717) is 5.75 Å². The first-order valence-electron chi connectivity index (χ1n) is 8.30. The maximum Gasteiger partial charge on any atom is 0.231 e. The zero-order valence-electron chi connectivity index (χ0n) is 14.3. The second-order valence-electron chi connectivity index (χ2n) is 7.37. The zero-order valence-corrected chi connectivity index (χ0v) is 15.1. The molecule has 1 saturated carbocycles. The smallest absolute Gasteiger partial charge is 0.231 e. The van der Waals surface area contributed by atoms with Crippen molar-refractivity contribution in [3.63, 3.8) is 0 Å². The molecule has 1 aromatic rings. The van der Waals surface area contributed by atoms with E-state index in [2.05, 4.69) is 56.4 Å². The van der Waals surface area contributed by atoms with Gasteiger partial charge in [-0.1, -0.05) is 52.2 Å². The van der Waals surface area contributed by atoms with E-state index in [1.54, 1.807) is 0 Å². The molecule has 124 valence electrons. The molecule has 0 heterocycles. The molecule has 2 rings (SSSR count). The van der Waals surface area contributed by atoms with E-state index in [-0.39, 0.29) is 11.3 Å². The molecule has 0 radical (unpaired) electrons. The number of nitrogens with one attached hydrogen (secondary N) is 1. The first-order valence-corrected chi connectivity index (χ1v) is 9.29. The number of hydrogen-bond acceptors (Lipinski definition) is 3. The molecule has 0 unspecified atom stereocenters. The largest absolute Gasteiger partial charge is 0.337 e. The lowest BCUT2D eigenvalue weighted by Crippen LogP contribution is -2.49. The van der Waals surface area contributed by atoms with Crippen molar-refractivity contribution in [3.8, 4) is 6.07 Å². The van der Waals surface area contributed by atoms with Crippen LogP contribution in [0.1, 0.15) is 58.4 Å². The standard InChI is InChI=1S/C19H26N2OS/c1-18(2,3)15-7-9-16(10-8-15)23-13-17(22)21-19(14-20)11-5-4-6-12-19/h7-10H,4-6,11-13H2,1-3H3,(H,21,22). The van der Waals surface area contributed by atoms with Gasteiger partial charge in [0.1, 0.15) is 5.54 Å². The lowest BCUT2D eigenvalue weighted by Gasteiger charge is -2.31. The highest BCUT2D eigenvalue weighted by atomic mass is 32.2. The fourth-order valence-electron chi connectivity index (χ4n) is 2.92. The molecule has 4 heteroatoms. The van der Waals surface area contributed by atoms with Crippen LogP contribution in [0.5, 0.6) is 0 Å². The fourth-order valence-corrected chi connectivity index (χ4v) is 3.62. The van der Waals surface area contributed by atoms with Gasteiger partial charge in [-0.15, -0.1) is 11.8 Å². The third-order valence-electron chi connectivity index (χ3n) is 4.39. The van der Waals surface area contributed by atoms with Crippen LogP contribution in [0.25, 0.3) is 0 Å². The molecule has 0 atom stereocenters. The van der Waals surface area contributed by atoms with Crippen molar-refractivity contribution >= 4 is 17.7 Å². The molecule has 0 spiro atoms. The normalized spacial score (nSPS) is 17.3. The topological polar surface area (TPSA) is 52.9 Å². The molecule has 1 N–H and O–H groups in total. The Hall–Kier alpha value is -1.47. The second-order valence-corrected chi connectivity index (χ2v) is 8.41. The minimum Gasteiger partial charge on any atom is -0.337 e. The van der Waals surface area contributed by atoms with Crippen LogP contribution in [0, 0.1) is 11.3 Å². The summed E-state index contributed by atoms with van der Waals surface area (Å²) in [6.45, 7) is 6.57. The Balaban J connectivity index is 1.88. The quantitative estimate of drug-likeness (QED) is 0.832. The summed E-state index contributed by atoms with van der Waals surface area (Å²) < 4.78 is 0. The summed E-state index contributed by atoms with van der Waals surface area (Å²) >= 11 is 1.52. The molecular weight excluding hydrogens is 304 g/mol. The van der Waals surface area contributed by atoms with Crippen molar-refractivity contribution < 1.29 is 4.79 Å². The van der Waals surface area contributed by atoms with Gasteiger partial charge < -0.3 is 5.32 Å². The number of nitrogens with zero attached hydrogens (tertiary/aromatic N) is 1. The average molecular weight is 330 g/mol. The minimum atomic E-state index is -0.633. The number of thioether (sulfide) groups is 1. The van der Waals surface area contributed by atoms with Gasteiger partial charge in [-0.2, -0.15) is 5.26 Å². The highest BCUT2D eigenvalue weighted by Crippen LogP contribution is 2.28. The van der Waals surface area contributed by atoms with Gasteiger partial charge in [0, 0.05) is 4.90 Å². The van der Waals surface area contributed by atoms with Crippen molar-refractivity contribution in [1.82, 2.24) is 5.32 Å². The van der Waals surface area contributed by atoms with Crippen LogP contribution < -0.4 is 5.32 Å². The van der Waals surface area contributed by atoms with Gasteiger partial charge in [-0.25, -0.2) is 0 Å². The first kappa shape index (κ1) is 17.9. The van der Waals surface area contributed by atoms with E-state index in [4.69, 9.17) is 0 Å². The van der Waals surface area contributed by atoms with Gasteiger partial charge >= 0.3 is 0 Å². The van der Waals surface area contributed by atoms with Crippen molar-refractivity contribution in [2.45, 2.75) is 68.7 Å². The van der Waals surface area contributed by atoms with E-state index in [1.807, 2.05) is 0 Å². The minimum absolute atomic E-state index is 0.0432. The van der Waals surface area contributed by atoms with E-state index in [1.165, 1.54) is 17.3 Å². The molecule has 1 aliphatic rings. The Kier molecular flexibility index (Phi) is 5.75. The second kappa shape index (κ2) is 7.40. The highest BCUT2D eigenvalue weighted by molar-refractivity contribution is 8.00. The predicted octanol–water partition coefficient (Wildman–Crippen LogP) is 4.42. The number of carbonyl (C=O) groups is 1. The molecule has 1 aromatic carbocycles. The molecule has 0 aromatic heterocycles. The number of carbonyl (C=O) groups excluding carboxylic acids is 1. The predicted molar refractivity (Wildman–Crippen MR) is 95.4 cm³/mol. The van der Waals surface area contributed by atoms with Gasteiger partial charge in [0.25, 0.3) is 0 Å². The van der Waals surface area contributed by atoms with Gasteiger partial charge in [0.05, 0.1) is 11.8 Å². The van der Waals surface area contributed by atoms with Crippen LogP contribution >= 0.6 is 11.8 Å². The lowest BCUT2D eigenvalue weighted by molar-refractivity contribution is -0.120. The third-order valence-corrected chi connectivity index (χ3v) is 5.40. The maximum atomic E-state index is 12.2. The number of amides is 1. The molecule has 0 bridgehead atoms. The maximum absolute atomic E-state index is 12.2. The average Bonchev–Trinajstić information content (AvgIpc) is 2.53. The molecule has 3 nitrogen and oxygen atoms in total. The molecule has 23 heavy (non-hydrogen) atoms. The summed E-state index contributed by atoms with van der Waals surface area (Å²) in [4.78, 5) is 13.3. The van der Waals surface area contributed by atoms with Gasteiger partial charge in [0.15, 0.2) is 0 Å². The third kappa shape index (κ3) is 5.00. The number of nitriles is 1. The van der Waals surface area contributed by atoms with Crippen LogP contribution in [0.3, 0.4) is 0 Å². The summed E-state index contributed by atoms with van der Waals surface area (Å²) in [5, 5.41) is 12.4. The van der Waals surface area contributed by atoms with Crippen LogP contribution in [-0.4, -0.2) is 17.2 Å². The van der Waals surface area contributed by atoms with E-state index in [0.717, 1.165) is 37.0 Å². The fraction of sp³-hybridized carbons (Fsp3) is 0.579. The highest BCUT2D eigenvalue weighted by Gasteiger charge is 2.33.